The predicted molar refractivity (Wildman–Crippen MR) is 109 cm³/mol. The van der Waals surface area contributed by atoms with Crippen molar-refractivity contribution in [3.8, 4) is 0 Å². The SMILES string of the molecule is COC1(C)OCC(OP(c2ccccc2)c2ccccc2)C2OC(C)(C)OC21. The molecule has 2 heterocycles. The first-order chi connectivity index (χ1) is 13.4. The molecular formula is C22H27O5P. The van der Waals surface area contributed by atoms with Gasteiger partial charge in [0, 0.05) is 17.7 Å². The molecule has 5 nitrogen and oxygen atoms in total. The predicted octanol–water partition coefficient (Wildman–Crippen LogP) is 3.33. The zero-order valence-electron chi connectivity index (χ0n) is 16.7. The second kappa shape index (κ2) is 7.83. The largest absolute Gasteiger partial charge is 0.351 e. The van der Waals surface area contributed by atoms with E-state index in [1.807, 2.05) is 57.2 Å². The third kappa shape index (κ3) is 3.88. The topological polar surface area (TPSA) is 46.2 Å². The van der Waals surface area contributed by atoms with Crippen LogP contribution in [0, 0.1) is 0 Å². The van der Waals surface area contributed by atoms with Crippen LogP contribution in [0.25, 0.3) is 0 Å². The first-order valence-electron chi connectivity index (χ1n) is 9.54. The number of fused-ring (bicyclic) bond motifs is 1. The molecule has 4 unspecified atom stereocenters. The normalized spacial score (nSPS) is 31.7. The molecule has 6 heteroatoms. The lowest BCUT2D eigenvalue weighted by Crippen LogP contribution is -2.59. The lowest BCUT2D eigenvalue weighted by Gasteiger charge is -2.43. The molecule has 4 atom stereocenters. The molecular weight excluding hydrogens is 375 g/mol. The van der Waals surface area contributed by atoms with Gasteiger partial charge in [-0.15, -0.1) is 0 Å². The van der Waals surface area contributed by atoms with Crippen molar-refractivity contribution in [1.29, 1.82) is 0 Å². The summed E-state index contributed by atoms with van der Waals surface area (Å²) in [5.41, 5.74) is 0. The Morgan fingerprint density at radius 3 is 2.00 bits per heavy atom. The highest BCUT2D eigenvalue weighted by atomic mass is 31.1. The van der Waals surface area contributed by atoms with E-state index < -0.39 is 19.7 Å². The summed E-state index contributed by atoms with van der Waals surface area (Å²) in [5, 5.41) is 2.30. The molecule has 0 saturated carbocycles. The molecule has 0 bridgehead atoms. The molecule has 0 N–H and O–H groups in total. The van der Waals surface area contributed by atoms with E-state index in [1.54, 1.807) is 7.11 Å². The molecule has 2 fully saturated rings. The maximum atomic E-state index is 6.69. The Labute approximate surface area is 167 Å². The third-order valence-corrected chi connectivity index (χ3v) is 7.19. The van der Waals surface area contributed by atoms with Crippen molar-refractivity contribution in [2.45, 2.75) is 50.7 Å². The molecule has 28 heavy (non-hydrogen) atoms. The number of hydrogen-bond donors (Lipinski definition) is 0. The van der Waals surface area contributed by atoms with Crippen molar-refractivity contribution in [3.63, 3.8) is 0 Å². The first-order valence-corrected chi connectivity index (χ1v) is 10.8. The lowest BCUT2D eigenvalue weighted by atomic mass is 9.98. The number of methoxy groups -OCH3 is 1. The maximum Gasteiger partial charge on any atom is 0.194 e. The first kappa shape index (κ1) is 20.0. The Bertz CT molecular complexity index is 745. The third-order valence-electron chi connectivity index (χ3n) is 5.17. The summed E-state index contributed by atoms with van der Waals surface area (Å²) in [6.45, 7) is 6.09. The molecule has 0 radical (unpaired) electrons. The van der Waals surface area contributed by atoms with E-state index >= 15 is 0 Å². The van der Waals surface area contributed by atoms with Gasteiger partial charge in [0.25, 0.3) is 0 Å². The van der Waals surface area contributed by atoms with E-state index in [0.717, 1.165) is 10.6 Å². The molecule has 2 aliphatic heterocycles. The smallest absolute Gasteiger partial charge is 0.194 e. The zero-order valence-corrected chi connectivity index (χ0v) is 17.6. The highest BCUT2D eigenvalue weighted by Crippen LogP contribution is 2.45. The lowest BCUT2D eigenvalue weighted by molar-refractivity contribution is -0.301. The Kier molecular flexibility index (Phi) is 5.58. The van der Waals surface area contributed by atoms with E-state index in [4.69, 9.17) is 23.5 Å². The van der Waals surface area contributed by atoms with Gasteiger partial charge in [-0.05, 0) is 20.8 Å². The van der Waals surface area contributed by atoms with E-state index in [9.17, 15) is 0 Å². The van der Waals surface area contributed by atoms with Gasteiger partial charge in [0.1, 0.15) is 18.3 Å². The maximum absolute atomic E-state index is 6.69. The van der Waals surface area contributed by atoms with Crippen LogP contribution in [0.4, 0.5) is 0 Å². The summed E-state index contributed by atoms with van der Waals surface area (Å²) in [5.74, 6) is -1.58. The summed E-state index contributed by atoms with van der Waals surface area (Å²) in [6, 6.07) is 20.6. The van der Waals surface area contributed by atoms with Crippen LogP contribution in [0.2, 0.25) is 0 Å². The van der Waals surface area contributed by atoms with Gasteiger partial charge in [-0.25, -0.2) is 0 Å². The van der Waals surface area contributed by atoms with Gasteiger partial charge in [-0.2, -0.15) is 0 Å². The fraction of sp³-hybridized carbons (Fsp3) is 0.455. The van der Waals surface area contributed by atoms with Gasteiger partial charge in [-0.1, -0.05) is 60.7 Å². The molecule has 4 rings (SSSR count). The van der Waals surface area contributed by atoms with Crippen LogP contribution in [0.3, 0.4) is 0 Å². The molecule has 0 aromatic heterocycles. The Hall–Kier alpha value is -1.33. The highest BCUT2D eigenvalue weighted by molar-refractivity contribution is 7.68. The molecule has 2 aromatic rings. The van der Waals surface area contributed by atoms with Crippen molar-refractivity contribution in [2.24, 2.45) is 0 Å². The highest BCUT2D eigenvalue weighted by Gasteiger charge is 2.58. The molecule has 0 aliphatic carbocycles. The van der Waals surface area contributed by atoms with Crippen LogP contribution in [-0.2, 0) is 23.5 Å². The van der Waals surface area contributed by atoms with Gasteiger partial charge in [0.15, 0.2) is 11.6 Å². The van der Waals surface area contributed by atoms with Crippen LogP contribution in [-0.4, -0.2) is 43.6 Å². The van der Waals surface area contributed by atoms with E-state index in [0.29, 0.717) is 6.61 Å². The summed E-state index contributed by atoms with van der Waals surface area (Å²) in [7, 11) is 0.613. The number of hydrogen-bond acceptors (Lipinski definition) is 5. The number of rotatable bonds is 5. The summed E-state index contributed by atoms with van der Waals surface area (Å²) in [6.07, 6.45) is -0.901. The molecule has 2 aromatic carbocycles. The Balaban J connectivity index is 1.64. The van der Waals surface area contributed by atoms with Crippen molar-refractivity contribution in [3.05, 3.63) is 60.7 Å². The zero-order chi connectivity index (χ0) is 19.8. The van der Waals surface area contributed by atoms with Gasteiger partial charge in [-0.3, -0.25) is 0 Å². The number of ether oxygens (including phenoxy) is 4. The van der Waals surface area contributed by atoms with E-state index in [-0.39, 0.29) is 18.3 Å². The second-order valence-corrected chi connectivity index (χ2v) is 9.49. The summed E-state index contributed by atoms with van der Waals surface area (Å²) < 4.78 is 30.8. The van der Waals surface area contributed by atoms with Crippen LogP contribution in [0.5, 0.6) is 0 Å². The van der Waals surface area contributed by atoms with E-state index in [2.05, 4.69) is 24.3 Å². The average Bonchev–Trinajstić information content (AvgIpc) is 3.05. The fourth-order valence-corrected chi connectivity index (χ4v) is 5.57. The van der Waals surface area contributed by atoms with Crippen molar-refractivity contribution in [1.82, 2.24) is 0 Å². The van der Waals surface area contributed by atoms with Gasteiger partial charge in [0.2, 0.25) is 0 Å². The molecule has 0 spiro atoms. The Morgan fingerprint density at radius 2 is 1.46 bits per heavy atom. The van der Waals surface area contributed by atoms with Crippen LogP contribution in [0.15, 0.2) is 60.7 Å². The minimum absolute atomic E-state index is 0.262. The van der Waals surface area contributed by atoms with Crippen LogP contribution < -0.4 is 10.6 Å². The van der Waals surface area contributed by atoms with Gasteiger partial charge in [0.05, 0.1) is 14.8 Å². The summed E-state index contributed by atoms with van der Waals surface area (Å²) >= 11 is 0. The monoisotopic (exact) mass is 402 g/mol. The molecule has 0 amide bonds. The number of benzene rings is 2. The van der Waals surface area contributed by atoms with Crippen molar-refractivity contribution >= 4 is 18.8 Å². The van der Waals surface area contributed by atoms with Gasteiger partial charge < -0.3 is 23.5 Å². The summed E-state index contributed by atoms with van der Waals surface area (Å²) in [4.78, 5) is 0. The second-order valence-electron chi connectivity index (χ2n) is 7.66. The Morgan fingerprint density at radius 1 is 0.893 bits per heavy atom. The average molecular weight is 402 g/mol. The molecule has 150 valence electrons. The standard InChI is InChI=1S/C22H27O5P/c1-21(2)25-19-18(15-24-22(3,23-4)20(19)26-21)27-28(16-11-7-5-8-12-16)17-13-9-6-10-14-17/h5-14,18-20H,15H2,1-4H3. The fourth-order valence-electron chi connectivity index (χ4n) is 3.69. The minimum Gasteiger partial charge on any atom is -0.351 e. The van der Waals surface area contributed by atoms with Crippen LogP contribution in [0.1, 0.15) is 20.8 Å². The van der Waals surface area contributed by atoms with Gasteiger partial charge >= 0.3 is 0 Å². The minimum atomic E-state index is -1.02. The van der Waals surface area contributed by atoms with E-state index in [1.165, 1.54) is 0 Å². The van der Waals surface area contributed by atoms with Crippen molar-refractivity contribution in [2.75, 3.05) is 13.7 Å². The van der Waals surface area contributed by atoms with Crippen molar-refractivity contribution < 1.29 is 23.5 Å². The molecule has 2 aliphatic rings. The quantitative estimate of drug-likeness (QED) is 0.718. The van der Waals surface area contributed by atoms with Crippen LogP contribution >= 0.6 is 8.15 Å². The molecule has 2 saturated heterocycles.